The molecule has 180 valence electrons. The van der Waals surface area contributed by atoms with Gasteiger partial charge >= 0.3 is 12.1 Å². The number of halogens is 3. The van der Waals surface area contributed by atoms with Crippen LogP contribution in [0.3, 0.4) is 0 Å². The molecule has 0 aliphatic carbocycles. The first kappa shape index (κ1) is 24.0. The molecule has 0 bridgehead atoms. The molecular weight excluding hydrogens is 465 g/mol. The van der Waals surface area contributed by atoms with E-state index in [0.29, 0.717) is 16.6 Å². The van der Waals surface area contributed by atoms with E-state index in [1.165, 1.54) is 25.3 Å². The molecule has 0 radical (unpaired) electrons. The zero-order valence-corrected chi connectivity index (χ0v) is 18.3. The number of aromatic nitrogens is 2. The number of ether oxygens (including phenoxy) is 1. The number of para-hydroxylation sites is 1. The Morgan fingerprint density at radius 2 is 1.74 bits per heavy atom. The maximum Gasteiger partial charge on any atom is 0.424 e. The molecule has 4 rings (SSSR count). The van der Waals surface area contributed by atoms with Gasteiger partial charge in [0.2, 0.25) is 5.60 Å². The molecule has 1 heterocycles. The number of carbonyl (C=O) groups excluding carboxylic acids is 1. The number of ketones is 1. The van der Waals surface area contributed by atoms with Crippen molar-refractivity contribution in [1.82, 2.24) is 9.78 Å². The van der Waals surface area contributed by atoms with Gasteiger partial charge < -0.3 is 14.9 Å². The highest BCUT2D eigenvalue weighted by Crippen LogP contribution is 2.41. The van der Waals surface area contributed by atoms with Gasteiger partial charge in [-0.2, -0.15) is 18.3 Å². The summed E-state index contributed by atoms with van der Waals surface area (Å²) >= 11 is 0. The number of rotatable bonds is 7. The molecule has 35 heavy (non-hydrogen) atoms. The second-order valence-electron chi connectivity index (χ2n) is 7.88. The minimum absolute atomic E-state index is 0.0571. The molecule has 1 atom stereocenters. The SMILES string of the molecule is CC(=O)c1ccc(OCC(O)(c2ccc3c(cnn3-c3ccccc3)c2)C(F)(F)F)c(C(=O)O)c1. The highest BCUT2D eigenvalue weighted by Gasteiger charge is 2.56. The average molecular weight is 484 g/mol. The monoisotopic (exact) mass is 484 g/mol. The number of carbonyl (C=O) groups is 2. The van der Waals surface area contributed by atoms with Crippen LogP contribution in [-0.2, 0) is 5.60 Å². The standard InChI is InChI=1S/C25H19F3N2O5/c1-15(31)16-7-10-22(20(12-16)23(32)33)35-14-24(34,25(26,27)28)18-8-9-21-17(11-18)13-29-30(21)19-5-3-2-4-6-19/h2-13,34H,14H2,1H3,(H,32,33). The smallest absolute Gasteiger partial charge is 0.424 e. The number of fused-ring (bicyclic) bond motifs is 1. The fourth-order valence-corrected chi connectivity index (χ4v) is 3.62. The number of Topliss-reactive ketones (excluding diaryl/α,β-unsaturated/α-hetero) is 1. The van der Waals surface area contributed by atoms with Gasteiger partial charge in [-0.15, -0.1) is 0 Å². The summed E-state index contributed by atoms with van der Waals surface area (Å²) in [4.78, 5) is 23.1. The highest BCUT2D eigenvalue weighted by molar-refractivity contribution is 5.98. The molecule has 1 aromatic heterocycles. The number of aliphatic hydroxyl groups is 1. The number of hydrogen-bond acceptors (Lipinski definition) is 5. The van der Waals surface area contributed by atoms with Crippen LogP contribution in [0.1, 0.15) is 33.2 Å². The lowest BCUT2D eigenvalue weighted by atomic mass is 9.93. The van der Waals surface area contributed by atoms with Crippen LogP contribution in [0, 0.1) is 0 Å². The second kappa shape index (κ2) is 8.88. The van der Waals surface area contributed by atoms with E-state index in [4.69, 9.17) is 4.74 Å². The van der Waals surface area contributed by atoms with Crippen molar-refractivity contribution in [3.05, 3.63) is 89.6 Å². The summed E-state index contributed by atoms with van der Waals surface area (Å²) in [5.74, 6) is -2.33. The van der Waals surface area contributed by atoms with Crippen molar-refractivity contribution in [1.29, 1.82) is 0 Å². The van der Waals surface area contributed by atoms with Crippen LogP contribution >= 0.6 is 0 Å². The van der Waals surface area contributed by atoms with Gasteiger partial charge in [-0.05, 0) is 55.0 Å². The van der Waals surface area contributed by atoms with Crippen LogP contribution in [0.4, 0.5) is 13.2 Å². The number of alkyl halides is 3. The predicted molar refractivity (Wildman–Crippen MR) is 120 cm³/mol. The molecule has 0 aliphatic heterocycles. The van der Waals surface area contributed by atoms with Crippen LogP contribution in [0.5, 0.6) is 5.75 Å². The summed E-state index contributed by atoms with van der Waals surface area (Å²) in [6.07, 6.45) is -3.77. The van der Waals surface area contributed by atoms with E-state index in [1.807, 2.05) is 6.07 Å². The molecule has 10 heteroatoms. The molecule has 1 unspecified atom stereocenters. The number of nitrogens with zero attached hydrogens (tertiary/aromatic N) is 2. The van der Waals surface area contributed by atoms with Crippen molar-refractivity contribution in [2.24, 2.45) is 0 Å². The Kier molecular flexibility index (Phi) is 6.08. The van der Waals surface area contributed by atoms with E-state index in [2.05, 4.69) is 5.10 Å². The van der Waals surface area contributed by atoms with E-state index in [-0.39, 0.29) is 5.56 Å². The fourth-order valence-electron chi connectivity index (χ4n) is 3.62. The van der Waals surface area contributed by atoms with Crippen LogP contribution < -0.4 is 4.74 Å². The van der Waals surface area contributed by atoms with E-state index in [9.17, 15) is 33.0 Å². The zero-order valence-electron chi connectivity index (χ0n) is 18.3. The van der Waals surface area contributed by atoms with Crippen molar-refractivity contribution < 1.29 is 37.7 Å². The molecule has 0 saturated heterocycles. The Balaban J connectivity index is 1.70. The molecule has 4 aromatic rings. The second-order valence-corrected chi connectivity index (χ2v) is 7.88. The largest absolute Gasteiger partial charge is 0.489 e. The van der Waals surface area contributed by atoms with Gasteiger partial charge in [0.15, 0.2) is 5.78 Å². The number of benzene rings is 3. The molecule has 0 spiro atoms. The number of carboxylic acids is 1. The lowest BCUT2D eigenvalue weighted by molar-refractivity contribution is -0.275. The highest BCUT2D eigenvalue weighted by atomic mass is 19.4. The molecule has 7 nitrogen and oxygen atoms in total. The molecule has 3 aromatic carbocycles. The zero-order chi connectivity index (χ0) is 25.4. The molecule has 0 saturated carbocycles. The fraction of sp³-hybridized carbons (Fsp3) is 0.160. The normalized spacial score (nSPS) is 13.4. The van der Waals surface area contributed by atoms with E-state index < -0.39 is 47.0 Å². The third-order valence-corrected chi connectivity index (χ3v) is 5.57. The maximum absolute atomic E-state index is 14.1. The average Bonchev–Trinajstić information content (AvgIpc) is 3.25. The van der Waals surface area contributed by atoms with Gasteiger partial charge in [-0.1, -0.05) is 24.3 Å². The van der Waals surface area contributed by atoms with E-state index in [1.54, 1.807) is 28.9 Å². The first-order valence-corrected chi connectivity index (χ1v) is 10.3. The summed E-state index contributed by atoms with van der Waals surface area (Å²) in [7, 11) is 0. The summed E-state index contributed by atoms with van der Waals surface area (Å²) in [5.41, 5.74) is -3.16. The van der Waals surface area contributed by atoms with E-state index >= 15 is 0 Å². The topological polar surface area (TPSA) is 102 Å². The molecular formula is C25H19F3N2O5. The van der Waals surface area contributed by atoms with Crippen molar-refractivity contribution in [3.63, 3.8) is 0 Å². The number of hydrogen-bond donors (Lipinski definition) is 2. The van der Waals surface area contributed by atoms with Crippen LogP contribution in [-0.4, -0.2) is 44.5 Å². The van der Waals surface area contributed by atoms with Crippen molar-refractivity contribution in [3.8, 4) is 11.4 Å². The van der Waals surface area contributed by atoms with Gasteiger partial charge in [0, 0.05) is 10.9 Å². The first-order valence-electron chi connectivity index (χ1n) is 10.3. The summed E-state index contributed by atoms with van der Waals surface area (Å²) in [6, 6.07) is 16.0. The molecule has 0 amide bonds. The Morgan fingerprint density at radius 1 is 1.03 bits per heavy atom. The van der Waals surface area contributed by atoms with Crippen molar-refractivity contribution >= 4 is 22.7 Å². The Hall–Kier alpha value is -4.18. The number of aromatic carboxylic acids is 1. The summed E-state index contributed by atoms with van der Waals surface area (Å²) in [5, 5.41) is 24.7. The Labute approximate surface area is 197 Å². The van der Waals surface area contributed by atoms with Crippen molar-refractivity contribution in [2.75, 3.05) is 6.61 Å². The molecule has 0 fully saturated rings. The third-order valence-electron chi connectivity index (χ3n) is 5.57. The predicted octanol–water partition coefficient (Wildman–Crippen LogP) is 4.76. The molecule has 2 N–H and O–H groups in total. The van der Waals surface area contributed by atoms with Crippen molar-refractivity contribution in [2.45, 2.75) is 18.7 Å². The Bertz CT molecular complexity index is 1420. The lowest BCUT2D eigenvalue weighted by Crippen LogP contribution is -2.47. The van der Waals surface area contributed by atoms with Gasteiger partial charge in [-0.25, -0.2) is 9.48 Å². The van der Waals surface area contributed by atoms with Gasteiger partial charge in [0.25, 0.3) is 0 Å². The third kappa shape index (κ3) is 4.47. The van der Waals surface area contributed by atoms with Gasteiger partial charge in [-0.3, -0.25) is 4.79 Å². The summed E-state index contributed by atoms with van der Waals surface area (Å²) in [6.45, 7) is -0.0888. The van der Waals surface area contributed by atoms with Gasteiger partial charge in [0.05, 0.1) is 17.4 Å². The minimum Gasteiger partial charge on any atom is -0.489 e. The van der Waals surface area contributed by atoms with Crippen LogP contribution in [0.25, 0.3) is 16.6 Å². The summed E-state index contributed by atoms with van der Waals surface area (Å²) < 4.78 is 49.0. The van der Waals surface area contributed by atoms with Crippen LogP contribution in [0.2, 0.25) is 0 Å². The lowest BCUT2D eigenvalue weighted by Gasteiger charge is -2.31. The van der Waals surface area contributed by atoms with Crippen LogP contribution in [0.15, 0.2) is 72.9 Å². The van der Waals surface area contributed by atoms with Gasteiger partial charge in [0.1, 0.15) is 17.9 Å². The maximum atomic E-state index is 14.1. The minimum atomic E-state index is -5.15. The quantitative estimate of drug-likeness (QED) is 0.367. The van der Waals surface area contributed by atoms with E-state index in [0.717, 1.165) is 24.3 Å². The first-order chi connectivity index (χ1) is 16.5. The molecule has 0 aliphatic rings. The Morgan fingerprint density at radius 3 is 2.37 bits per heavy atom. The number of carboxylic acid groups (broad SMARTS) is 1.